The van der Waals surface area contributed by atoms with Crippen LogP contribution in [0.2, 0.25) is 0 Å². The summed E-state index contributed by atoms with van der Waals surface area (Å²) in [5.74, 6) is -1.15. The molecule has 144 valence electrons. The number of amides is 4. The van der Waals surface area contributed by atoms with Crippen LogP contribution in [0.3, 0.4) is 0 Å². The summed E-state index contributed by atoms with van der Waals surface area (Å²) >= 11 is 0. The van der Waals surface area contributed by atoms with Crippen molar-refractivity contribution in [2.75, 3.05) is 19.6 Å². The molecule has 1 aliphatic heterocycles. The lowest BCUT2D eigenvalue weighted by atomic mass is 10.1. The molecule has 0 bridgehead atoms. The maximum absolute atomic E-state index is 12.2. The van der Waals surface area contributed by atoms with E-state index in [-0.39, 0.29) is 49.6 Å². The molecule has 0 radical (unpaired) electrons. The molecule has 0 unspecified atom stereocenters. The third kappa shape index (κ3) is 4.62. The molecule has 28 heavy (non-hydrogen) atoms. The van der Waals surface area contributed by atoms with Gasteiger partial charge >= 0.3 is 0 Å². The summed E-state index contributed by atoms with van der Waals surface area (Å²) in [5.41, 5.74) is 1.66. The molecule has 3 rings (SSSR count). The normalized spacial score (nSPS) is 12.6. The number of benzene rings is 2. The van der Waals surface area contributed by atoms with Crippen LogP contribution in [0.15, 0.2) is 54.6 Å². The van der Waals surface area contributed by atoms with Crippen LogP contribution in [0.25, 0.3) is 0 Å². The Kier molecular flexibility index (Phi) is 6.16. The minimum Gasteiger partial charge on any atom is -0.354 e. The van der Waals surface area contributed by atoms with E-state index >= 15 is 0 Å². The predicted octanol–water partition coefficient (Wildman–Crippen LogP) is 1.15. The number of carbonyl (C=O) groups is 4. The van der Waals surface area contributed by atoms with Crippen molar-refractivity contribution in [2.24, 2.45) is 0 Å². The number of nitrogens with zero attached hydrogens (tertiary/aromatic N) is 1. The quantitative estimate of drug-likeness (QED) is 0.531. The summed E-state index contributed by atoms with van der Waals surface area (Å²) in [6.45, 7) is 0.616. The Labute approximate surface area is 162 Å². The van der Waals surface area contributed by atoms with Gasteiger partial charge in [0.25, 0.3) is 11.8 Å². The Morgan fingerprint density at radius 1 is 0.750 bits per heavy atom. The van der Waals surface area contributed by atoms with Gasteiger partial charge in [0, 0.05) is 26.1 Å². The van der Waals surface area contributed by atoms with E-state index < -0.39 is 0 Å². The molecule has 0 saturated carbocycles. The summed E-state index contributed by atoms with van der Waals surface area (Å²) < 4.78 is 0. The second-order valence-electron chi connectivity index (χ2n) is 6.42. The summed E-state index contributed by atoms with van der Waals surface area (Å²) in [6.07, 6.45) is 0.304. The Hall–Kier alpha value is -3.48. The molecule has 0 aliphatic carbocycles. The highest BCUT2D eigenvalue weighted by Crippen LogP contribution is 2.22. The van der Waals surface area contributed by atoms with Crippen molar-refractivity contribution in [3.63, 3.8) is 0 Å². The molecule has 7 heteroatoms. The van der Waals surface area contributed by atoms with E-state index in [0.717, 1.165) is 10.5 Å². The van der Waals surface area contributed by atoms with Crippen LogP contribution in [0.5, 0.6) is 0 Å². The lowest BCUT2D eigenvalue weighted by molar-refractivity contribution is -0.122. The van der Waals surface area contributed by atoms with Gasteiger partial charge in [-0.15, -0.1) is 0 Å². The van der Waals surface area contributed by atoms with Gasteiger partial charge < -0.3 is 10.6 Å². The van der Waals surface area contributed by atoms with Crippen molar-refractivity contribution in [3.8, 4) is 0 Å². The van der Waals surface area contributed by atoms with E-state index in [9.17, 15) is 19.2 Å². The molecule has 0 atom stereocenters. The van der Waals surface area contributed by atoms with E-state index in [1.165, 1.54) is 0 Å². The number of hydrogen-bond donors (Lipinski definition) is 2. The molecule has 0 saturated heterocycles. The minimum absolute atomic E-state index is 0.0173. The zero-order chi connectivity index (χ0) is 19.9. The highest BCUT2D eigenvalue weighted by Gasteiger charge is 2.34. The molecule has 1 aliphatic rings. The number of fused-ring (bicyclic) bond motifs is 1. The van der Waals surface area contributed by atoms with Gasteiger partial charge in [-0.2, -0.15) is 0 Å². The lowest BCUT2D eigenvalue weighted by Gasteiger charge is -2.13. The molecular formula is C21H21N3O4. The third-order valence-electron chi connectivity index (χ3n) is 4.42. The third-order valence-corrected chi connectivity index (χ3v) is 4.42. The summed E-state index contributed by atoms with van der Waals surface area (Å²) in [7, 11) is 0. The first-order valence-corrected chi connectivity index (χ1v) is 9.09. The second kappa shape index (κ2) is 8.94. The van der Waals surface area contributed by atoms with Crippen LogP contribution >= 0.6 is 0 Å². The maximum Gasteiger partial charge on any atom is 0.261 e. The van der Waals surface area contributed by atoms with Crippen LogP contribution in [0, 0.1) is 0 Å². The van der Waals surface area contributed by atoms with Gasteiger partial charge in [-0.25, -0.2) is 0 Å². The largest absolute Gasteiger partial charge is 0.354 e. The first-order valence-electron chi connectivity index (χ1n) is 9.09. The zero-order valence-corrected chi connectivity index (χ0v) is 15.3. The summed E-state index contributed by atoms with van der Waals surface area (Å²) in [4.78, 5) is 49.3. The van der Waals surface area contributed by atoms with Crippen molar-refractivity contribution in [2.45, 2.75) is 12.8 Å². The number of hydrogen-bond acceptors (Lipinski definition) is 4. The number of imide groups is 1. The molecule has 0 fully saturated rings. The highest BCUT2D eigenvalue weighted by atomic mass is 16.2. The van der Waals surface area contributed by atoms with Crippen LogP contribution < -0.4 is 10.6 Å². The summed E-state index contributed by atoms with van der Waals surface area (Å²) in [6, 6.07) is 16.0. The van der Waals surface area contributed by atoms with Crippen LogP contribution in [-0.4, -0.2) is 48.2 Å². The monoisotopic (exact) mass is 379 g/mol. The first kappa shape index (κ1) is 19.3. The van der Waals surface area contributed by atoms with Gasteiger partial charge in [0.15, 0.2) is 0 Å². The lowest BCUT2D eigenvalue weighted by Crippen LogP contribution is -2.38. The van der Waals surface area contributed by atoms with Gasteiger partial charge in [0.2, 0.25) is 11.8 Å². The fourth-order valence-corrected chi connectivity index (χ4v) is 2.99. The van der Waals surface area contributed by atoms with Gasteiger partial charge in [0.1, 0.15) is 0 Å². The van der Waals surface area contributed by atoms with E-state index in [0.29, 0.717) is 17.7 Å². The number of carbonyl (C=O) groups excluding carboxylic acids is 4. The standard InChI is InChI=1S/C21H21N3O4/c25-18(22-11-12-23-19(26)14-15-6-2-1-3-7-15)10-13-24-20(27)16-8-4-5-9-17(16)21(24)28/h1-9H,10-14H2,(H,22,25)(H,23,26). The van der Waals surface area contributed by atoms with Crippen molar-refractivity contribution in [1.82, 2.24) is 15.5 Å². The fourth-order valence-electron chi connectivity index (χ4n) is 2.99. The molecule has 2 N–H and O–H groups in total. The van der Waals surface area contributed by atoms with Crippen LogP contribution in [0.4, 0.5) is 0 Å². The topological polar surface area (TPSA) is 95.6 Å². The van der Waals surface area contributed by atoms with Gasteiger partial charge in [0.05, 0.1) is 17.5 Å². The maximum atomic E-state index is 12.2. The van der Waals surface area contributed by atoms with Crippen molar-refractivity contribution < 1.29 is 19.2 Å². The molecule has 0 spiro atoms. The first-order chi connectivity index (χ1) is 13.6. The highest BCUT2D eigenvalue weighted by molar-refractivity contribution is 6.21. The molecule has 2 aromatic carbocycles. The molecule has 1 heterocycles. The second-order valence-corrected chi connectivity index (χ2v) is 6.42. The predicted molar refractivity (Wildman–Crippen MR) is 103 cm³/mol. The average molecular weight is 379 g/mol. The number of rotatable bonds is 8. The van der Waals surface area contributed by atoms with Crippen LogP contribution in [-0.2, 0) is 16.0 Å². The van der Waals surface area contributed by atoms with Crippen molar-refractivity contribution >= 4 is 23.6 Å². The van der Waals surface area contributed by atoms with Gasteiger partial charge in [-0.3, -0.25) is 24.1 Å². The van der Waals surface area contributed by atoms with Crippen molar-refractivity contribution in [1.29, 1.82) is 0 Å². The Balaban J connectivity index is 1.35. The van der Waals surface area contributed by atoms with Crippen LogP contribution in [0.1, 0.15) is 32.7 Å². The summed E-state index contributed by atoms with van der Waals surface area (Å²) in [5, 5.41) is 5.41. The Bertz CT molecular complexity index is 861. The molecule has 7 nitrogen and oxygen atoms in total. The van der Waals surface area contributed by atoms with E-state index in [4.69, 9.17) is 0 Å². The Morgan fingerprint density at radius 2 is 1.29 bits per heavy atom. The van der Waals surface area contributed by atoms with Gasteiger partial charge in [-0.05, 0) is 17.7 Å². The zero-order valence-electron chi connectivity index (χ0n) is 15.3. The smallest absolute Gasteiger partial charge is 0.261 e. The minimum atomic E-state index is -0.374. The van der Waals surface area contributed by atoms with E-state index in [1.807, 2.05) is 30.3 Å². The molecule has 0 aromatic heterocycles. The van der Waals surface area contributed by atoms with Crippen molar-refractivity contribution in [3.05, 3.63) is 71.3 Å². The molecule has 2 aromatic rings. The van der Waals surface area contributed by atoms with E-state index in [1.54, 1.807) is 24.3 Å². The Morgan fingerprint density at radius 3 is 1.89 bits per heavy atom. The molecule has 4 amide bonds. The fraction of sp³-hybridized carbons (Fsp3) is 0.238. The number of nitrogens with one attached hydrogen (secondary N) is 2. The SMILES string of the molecule is O=C(CCN1C(=O)c2ccccc2C1=O)NCCNC(=O)Cc1ccccc1. The average Bonchev–Trinajstić information content (AvgIpc) is 2.95. The van der Waals surface area contributed by atoms with Gasteiger partial charge in [-0.1, -0.05) is 42.5 Å². The van der Waals surface area contributed by atoms with E-state index in [2.05, 4.69) is 10.6 Å². The molecular weight excluding hydrogens is 358 g/mol.